The maximum atomic E-state index is 12.9. The monoisotopic (exact) mass is 368 g/mol. The molecule has 6 heteroatoms. The highest BCUT2D eigenvalue weighted by Gasteiger charge is 2.36. The predicted molar refractivity (Wildman–Crippen MR) is 99.4 cm³/mol. The summed E-state index contributed by atoms with van der Waals surface area (Å²) in [6.07, 6.45) is 1.29. The smallest absolute Gasteiger partial charge is 0.256 e. The van der Waals surface area contributed by atoms with Crippen molar-refractivity contribution in [3.8, 4) is 5.75 Å². The van der Waals surface area contributed by atoms with E-state index in [2.05, 4.69) is 5.32 Å². The van der Waals surface area contributed by atoms with Gasteiger partial charge >= 0.3 is 0 Å². The van der Waals surface area contributed by atoms with Crippen molar-refractivity contribution in [2.75, 3.05) is 12.4 Å². The molecule has 2 aromatic carbocycles. The average molecular weight is 369 g/mol. The molecule has 0 bridgehead atoms. The van der Waals surface area contributed by atoms with Crippen LogP contribution in [0.15, 0.2) is 65.3 Å². The van der Waals surface area contributed by atoms with E-state index in [0.29, 0.717) is 22.9 Å². The van der Waals surface area contributed by atoms with Gasteiger partial charge in [0.2, 0.25) is 0 Å². The van der Waals surface area contributed by atoms with Gasteiger partial charge in [-0.05, 0) is 36.4 Å². The van der Waals surface area contributed by atoms with E-state index in [1.165, 1.54) is 0 Å². The molecular formula is C20H17ClN2O3. The predicted octanol–water partition coefficient (Wildman–Crippen LogP) is 4.71. The van der Waals surface area contributed by atoms with Crippen LogP contribution in [0.1, 0.15) is 27.8 Å². The third-order valence-corrected chi connectivity index (χ3v) is 4.72. The molecule has 1 amide bonds. The summed E-state index contributed by atoms with van der Waals surface area (Å²) in [5.74, 6) is 1.30. The third kappa shape index (κ3) is 2.91. The number of ether oxygens (including phenoxy) is 1. The highest BCUT2D eigenvalue weighted by Crippen LogP contribution is 2.37. The molecule has 1 aliphatic rings. The van der Waals surface area contributed by atoms with Crippen LogP contribution in [0.5, 0.6) is 5.75 Å². The number of furan rings is 1. The number of anilines is 1. The van der Waals surface area contributed by atoms with Gasteiger partial charge in [0.1, 0.15) is 17.7 Å². The summed E-state index contributed by atoms with van der Waals surface area (Å²) in [5, 5.41) is 3.91. The quantitative estimate of drug-likeness (QED) is 0.708. The number of benzene rings is 2. The summed E-state index contributed by atoms with van der Waals surface area (Å²) in [6, 6.07) is 16.7. The highest BCUT2D eigenvalue weighted by molar-refractivity contribution is 6.32. The fourth-order valence-corrected chi connectivity index (χ4v) is 3.43. The van der Waals surface area contributed by atoms with Crippen molar-refractivity contribution in [1.82, 2.24) is 4.90 Å². The van der Waals surface area contributed by atoms with E-state index in [4.69, 9.17) is 20.8 Å². The number of hydrogen-bond donors (Lipinski definition) is 1. The molecule has 1 atom stereocenters. The molecule has 1 aliphatic heterocycles. The topological polar surface area (TPSA) is 54.7 Å². The van der Waals surface area contributed by atoms with Gasteiger partial charge in [-0.2, -0.15) is 0 Å². The van der Waals surface area contributed by atoms with Crippen LogP contribution in [-0.2, 0) is 6.54 Å². The number of rotatable bonds is 5. The van der Waals surface area contributed by atoms with Gasteiger partial charge in [0.25, 0.3) is 5.91 Å². The number of halogens is 1. The van der Waals surface area contributed by atoms with E-state index in [-0.39, 0.29) is 12.1 Å². The number of methoxy groups -OCH3 is 1. The van der Waals surface area contributed by atoms with Gasteiger partial charge in [-0.3, -0.25) is 4.79 Å². The highest BCUT2D eigenvalue weighted by atomic mass is 35.5. The lowest BCUT2D eigenvalue weighted by atomic mass is 10.1. The van der Waals surface area contributed by atoms with Crippen LogP contribution >= 0.6 is 11.6 Å². The first-order chi connectivity index (χ1) is 12.7. The second-order valence-electron chi connectivity index (χ2n) is 6.00. The van der Waals surface area contributed by atoms with Crippen LogP contribution in [0.2, 0.25) is 5.02 Å². The van der Waals surface area contributed by atoms with Crippen molar-refractivity contribution in [1.29, 1.82) is 0 Å². The molecule has 1 aromatic heterocycles. The van der Waals surface area contributed by atoms with Gasteiger partial charge in [-0.15, -0.1) is 0 Å². The summed E-state index contributed by atoms with van der Waals surface area (Å²) < 4.78 is 10.6. The normalized spacial score (nSPS) is 15.8. The molecule has 0 saturated heterocycles. The van der Waals surface area contributed by atoms with Crippen molar-refractivity contribution in [2.24, 2.45) is 0 Å². The zero-order chi connectivity index (χ0) is 18.1. The molecule has 1 N–H and O–H groups in total. The minimum atomic E-state index is -0.312. The van der Waals surface area contributed by atoms with Crippen molar-refractivity contribution in [3.05, 3.63) is 82.8 Å². The molecule has 3 aromatic rings. The SMILES string of the molecule is COc1ccc(N[C@@H]2c3ccccc3C(=O)N2Cc2ccco2)cc1Cl. The van der Waals surface area contributed by atoms with E-state index < -0.39 is 0 Å². The Bertz CT molecular complexity index is 940. The molecule has 132 valence electrons. The number of carbonyl (C=O) groups is 1. The summed E-state index contributed by atoms with van der Waals surface area (Å²) >= 11 is 6.23. The number of nitrogens with one attached hydrogen (secondary N) is 1. The largest absolute Gasteiger partial charge is 0.495 e. The molecule has 0 aliphatic carbocycles. The molecular weight excluding hydrogens is 352 g/mol. The lowest BCUT2D eigenvalue weighted by Gasteiger charge is -2.26. The standard InChI is InChI=1S/C20H17ClN2O3/c1-25-18-9-8-13(11-17(18)21)22-19-15-6-2-3-7-16(15)20(24)23(19)12-14-5-4-10-26-14/h2-11,19,22H,12H2,1H3/t19-/m0/s1. The van der Waals surface area contributed by atoms with Crippen LogP contribution in [0.4, 0.5) is 5.69 Å². The first-order valence-corrected chi connectivity index (χ1v) is 8.57. The average Bonchev–Trinajstić information content (AvgIpc) is 3.25. The fraction of sp³-hybridized carbons (Fsp3) is 0.150. The lowest BCUT2D eigenvalue weighted by molar-refractivity contribution is 0.0715. The molecule has 0 unspecified atom stereocenters. The maximum Gasteiger partial charge on any atom is 0.256 e. The minimum Gasteiger partial charge on any atom is -0.495 e. The molecule has 0 radical (unpaired) electrons. The van der Waals surface area contributed by atoms with E-state index in [1.54, 1.807) is 30.4 Å². The van der Waals surface area contributed by atoms with Gasteiger partial charge in [0, 0.05) is 16.8 Å². The summed E-state index contributed by atoms with van der Waals surface area (Å²) in [6.45, 7) is 0.377. The minimum absolute atomic E-state index is 0.0332. The zero-order valence-corrected chi connectivity index (χ0v) is 14.9. The van der Waals surface area contributed by atoms with Gasteiger partial charge < -0.3 is 19.4 Å². The molecule has 26 heavy (non-hydrogen) atoms. The van der Waals surface area contributed by atoms with E-state index >= 15 is 0 Å². The Morgan fingerprint density at radius 2 is 2.04 bits per heavy atom. The Balaban J connectivity index is 1.68. The van der Waals surface area contributed by atoms with Crippen LogP contribution in [0.25, 0.3) is 0 Å². The number of fused-ring (bicyclic) bond motifs is 1. The molecule has 4 rings (SSSR count). The Morgan fingerprint density at radius 1 is 1.19 bits per heavy atom. The van der Waals surface area contributed by atoms with Crippen molar-refractivity contribution >= 4 is 23.2 Å². The fourth-order valence-electron chi connectivity index (χ4n) is 3.17. The Morgan fingerprint density at radius 3 is 2.77 bits per heavy atom. The van der Waals surface area contributed by atoms with E-state index in [1.807, 2.05) is 42.5 Å². The number of carbonyl (C=O) groups excluding carboxylic acids is 1. The first-order valence-electron chi connectivity index (χ1n) is 8.19. The van der Waals surface area contributed by atoms with E-state index in [9.17, 15) is 4.79 Å². The summed E-state index contributed by atoms with van der Waals surface area (Å²) in [7, 11) is 1.57. The van der Waals surface area contributed by atoms with Crippen molar-refractivity contribution in [3.63, 3.8) is 0 Å². The van der Waals surface area contributed by atoms with Gasteiger partial charge in [0.15, 0.2) is 0 Å². The Kier molecular flexibility index (Phi) is 4.31. The Hall–Kier alpha value is -2.92. The maximum absolute atomic E-state index is 12.9. The molecule has 0 spiro atoms. The third-order valence-electron chi connectivity index (χ3n) is 4.42. The van der Waals surface area contributed by atoms with Gasteiger partial charge in [0.05, 0.1) is 24.9 Å². The summed E-state index contributed by atoms with van der Waals surface area (Å²) in [4.78, 5) is 14.6. The molecule has 0 saturated carbocycles. The number of amides is 1. The molecule has 2 heterocycles. The number of nitrogens with zero attached hydrogens (tertiary/aromatic N) is 1. The van der Waals surface area contributed by atoms with Crippen molar-refractivity contribution in [2.45, 2.75) is 12.7 Å². The summed E-state index contributed by atoms with van der Waals surface area (Å²) in [5.41, 5.74) is 2.42. The Labute approximate surface area is 156 Å². The van der Waals surface area contributed by atoms with E-state index in [0.717, 1.165) is 17.0 Å². The number of hydrogen-bond acceptors (Lipinski definition) is 4. The second-order valence-corrected chi connectivity index (χ2v) is 6.40. The molecule has 0 fully saturated rings. The van der Waals surface area contributed by atoms with Crippen LogP contribution in [-0.4, -0.2) is 17.9 Å². The van der Waals surface area contributed by atoms with Gasteiger partial charge in [-0.1, -0.05) is 29.8 Å². The zero-order valence-electron chi connectivity index (χ0n) is 14.1. The first kappa shape index (κ1) is 16.5. The van der Waals surface area contributed by atoms with Crippen molar-refractivity contribution < 1.29 is 13.9 Å². The second kappa shape index (κ2) is 6.77. The lowest BCUT2D eigenvalue weighted by Crippen LogP contribution is -2.31. The van der Waals surface area contributed by atoms with Crippen LogP contribution in [0.3, 0.4) is 0 Å². The molecule has 5 nitrogen and oxygen atoms in total. The van der Waals surface area contributed by atoms with Crippen LogP contribution in [0, 0.1) is 0 Å². The van der Waals surface area contributed by atoms with Gasteiger partial charge in [-0.25, -0.2) is 0 Å². The van der Waals surface area contributed by atoms with Crippen LogP contribution < -0.4 is 10.1 Å².